The average Bonchev–Trinajstić information content (AvgIpc) is 2.51. The Bertz CT molecular complexity index is 427. The maximum Gasteiger partial charge on any atom is 0.0429 e. The number of benzene rings is 1. The first kappa shape index (κ1) is 16.6. The maximum atomic E-state index is 6.27. The van der Waals surface area contributed by atoms with Crippen LogP contribution in [0.15, 0.2) is 18.2 Å². The van der Waals surface area contributed by atoms with E-state index in [1.165, 1.54) is 49.8 Å². The fraction of sp³-hybridized carbons (Fsp3) is 0.667. The van der Waals surface area contributed by atoms with Crippen molar-refractivity contribution >= 4 is 17.3 Å². The van der Waals surface area contributed by atoms with Gasteiger partial charge in [-0.3, -0.25) is 0 Å². The van der Waals surface area contributed by atoms with E-state index in [1.807, 2.05) is 6.07 Å². The lowest BCUT2D eigenvalue weighted by atomic mass is 9.93. The molecule has 0 bridgehead atoms. The Morgan fingerprint density at radius 2 is 1.95 bits per heavy atom. The summed E-state index contributed by atoms with van der Waals surface area (Å²) < 4.78 is 0. The van der Waals surface area contributed by atoms with Gasteiger partial charge in [0, 0.05) is 29.8 Å². The molecule has 1 aromatic rings. The Morgan fingerprint density at radius 1 is 1.19 bits per heavy atom. The molecule has 1 aliphatic carbocycles. The van der Waals surface area contributed by atoms with Gasteiger partial charge in [0.1, 0.15) is 0 Å². The summed E-state index contributed by atoms with van der Waals surface area (Å²) in [4.78, 5) is 2.58. The third-order valence-electron chi connectivity index (χ3n) is 4.46. The third kappa shape index (κ3) is 4.62. The molecule has 0 aliphatic heterocycles. The maximum absolute atomic E-state index is 6.27. The Kier molecular flexibility index (Phi) is 6.85. The summed E-state index contributed by atoms with van der Waals surface area (Å²) in [7, 11) is 0. The van der Waals surface area contributed by atoms with Gasteiger partial charge < -0.3 is 10.2 Å². The normalized spacial score (nSPS) is 16.1. The second kappa shape index (κ2) is 8.65. The molecule has 118 valence electrons. The number of hydrogen-bond donors (Lipinski definition) is 1. The highest BCUT2D eigenvalue weighted by Crippen LogP contribution is 2.31. The Balaban J connectivity index is 2.18. The van der Waals surface area contributed by atoms with Gasteiger partial charge in [-0.25, -0.2) is 0 Å². The minimum absolute atomic E-state index is 0.687. The van der Waals surface area contributed by atoms with Gasteiger partial charge in [-0.1, -0.05) is 43.9 Å². The number of nitrogens with zero attached hydrogens (tertiary/aromatic N) is 1. The third-order valence-corrected chi connectivity index (χ3v) is 4.69. The van der Waals surface area contributed by atoms with E-state index in [0.29, 0.717) is 6.04 Å². The molecule has 0 radical (unpaired) electrons. The van der Waals surface area contributed by atoms with Crippen molar-refractivity contribution in [1.29, 1.82) is 0 Å². The predicted octanol–water partition coefficient (Wildman–Crippen LogP) is 5.00. The van der Waals surface area contributed by atoms with Crippen LogP contribution in [0.25, 0.3) is 0 Å². The molecule has 2 nitrogen and oxygen atoms in total. The number of halogens is 1. The van der Waals surface area contributed by atoms with Crippen LogP contribution >= 0.6 is 11.6 Å². The zero-order chi connectivity index (χ0) is 15.1. The number of anilines is 1. The molecule has 1 aliphatic rings. The van der Waals surface area contributed by atoms with Gasteiger partial charge >= 0.3 is 0 Å². The Hall–Kier alpha value is -0.730. The van der Waals surface area contributed by atoms with Crippen LogP contribution in [0.2, 0.25) is 5.02 Å². The summed E-state index contributed by atoms with van der Waals surface area (Å²) in [6.07, 6.45) is 7.94. The van der Waals surface area contributed by atoms with E-state index in [0.717, 1.165) is 24.7 Å². The van der Waals surface area contributed by atoms with E-state index in [2.05, 4.69) is 36.2 Å². The second-order valence-electron chi connectivity index (χ2n) is 6.03. The smallest absolute Gasteiger partial charge is 0.0429 e. The molecule has 1 N–H and O–H groups in total. The van der Waals surface area contributed by atoms with Gasteiger partial charge in [-0.05, 0) is 50.4 Å². The molecule has 0 aromatic heterocycles. The molecule has 21 heavy (non-hydrogen) atoms. The van der Waals surface area contributed by atoms with Crippen molar-refractivity contribution in [2.45, 2.75) is 65.0 Å². The van der Waals surface area contributed by atoms with E-state index < -0.39 is 0 Å². The molecular weight excluding hydrogens is 280 g/mol. The molecular formula is C18H29ClN2. The standard InChI is InChI=1S/C18H29ClN2/c1-3-12-20-14-15-10-11-16(19)13-18(15)21(4-2)17-8-6-5-7-9-17/h10-11,13,17,20H,3-9,12,14H2,1-2H3. The first-order valence-corrected chi connectivity index (χ1v) is 8.89. The molecule has 0 atom stereocenters. The van der Waals surface area contributed by atoms with Crippen LogP contribution < -0.4 is 10.2 Å². The zero-order valence-corrected chi connectivity index (χ0v) is 14.3. The zero-order valence-electron chi connectivity index (χ0n) is 13.5. The molecule has 0 saturated heterocycles. The van der Waals surface area contributed by atoms with E-state index >= 15 is 0 Å². The van der Waals surface area contributed by atoms with Crippen LogP contribution in [-0.2, 0) is 6.54 Å². The number of nitrogens with one attached hydrogen (secondary N) is 1. The SMILES string of the molecule is CCCNCc1ccc(Cl)cc1N(CC)C1CCCCC1. The Morgan fingerprint density at radius 3 is 2.62 bits per heavy atom. The first-order chi connectivity index (χ1) is 10.3. The summed E-state index contributed by atoms with van der Waals surface area (Å²) in [6, 6.07) is 7.05. The van der Waals surface area contributed by atoms with Crippen molar-refractivity contribution in [2.24, 2.45) is 0 Å². The summed E-state index contributed by atoms with van der Waals surface area (Å²) in [6.45, 7) is 7.53. The summed E-state index contributed by atoms with van der Waals surface area (Å²) in [5.41, 5.74) is 2.71. The predicted molar refractivity (Wildman–Crippen MR) is 93.3 cm³/mol. The monoisotopic (exact) mass is 308 g/mol. The molecule has 1 saturated carbocycles. The van der Waals surface area contributed by atoms with E-state index in [1.54, 1.807) is 0 Å². The summed E-state index contributed by atoms with van der Waals surface area (Å²) >= 11 is 6.27. The highest BCUT2D eigenvalue weighted by Gasteiger charge is 2.22. The second-order valence-corrected chi connectivity index (χ2v) is 6.46. The molecule has 3 heteroatoms. The minimum Gasteiger partial charge on any atom is -0.369 e. The summed E-state index contributed by atoms with van der Waals surface area (Å²) in [5.74, 6) is 0. The average molecular weight is 309 g/mol. The van der Waals surface area contributed by atoms with Gasteiger partial charge in [-0.15, -0.1) is 0 Å². The van der Waals surface area contributed by atoms with Crippen molar-refractivity contribution in [3.8, 4) is 0 Å². The molecule has 1 fully saturated rings. The van der Waals surface area contributed by atoms with Crippen molar-refractivity contribution in [2.75, 3.05) is 18.0 Å². The largest absolute Gasteiger partial charge is 0.369 e. The lowest BCUT2D eigenvalue weighted by Gasteiger charge is -2.36. The van der Waals surface area contributed by atoms with Crippen molar-refractivity contribution in [1.82, 2.24) is 5.32 Å². The number of hydrogen-bond acceptors (Lipinski definition) is 2. The van der Waals surface area contributed by atoms with Crippen LogP contribution in [0.5, 0.6) is 0 Å². The van der Waals surface area contributed by atoms with Crippen LogP contribution in [-0.4, -0.2) is 19.1 Å². The van der Waals surface area contributed by atoms with Crippen molar-refractivity contribution < 1.29 is 0 Å². The van der Waals surface area contributed by atoms with Crippen LogP contribution in [0.4, 0.5) is 5.69 Å². The quantitative estimate of drug-likeness (QED) is 0.713. The molecule has 0 unspecified atom stereocenters. The van der Waals surface area contributed by atoms with Crippen LogP contribution in [0.3, 0.4) is 0 Å². The lowest BCUT2D eigenvalue weighted by Crippen LogP contribution is -2.37. The molecule has 0 amide bonds. The van der Waals surface area contributed by atoms with Crippen molar-refractivity contribution in [3.05, 3.63) is 28.8 Å². The molecule has 1 aromatic carbocycles. The van der Waals surface area contributed by atoms with Gasteiger partial charge in [-0.2, -0.15) is 0 Å². The minimum atomic E-state index is 0.687. The first-order valence-electron chi connectivity index (χ1n) is 8.52. The molecule has 2 rings (SSSR count). The topological polar surface area (TPSA) is 15.3 Å². The van der Waals surface area contributed by atoms with Gasteiger partial charge in [0.25, 0.3) is 0 Å². The van der Waals surface area contributed by atoms with E-state index in [4.69, 9.17) is 11.6 Å². The highest BCUT2D eigenvalue weighted by atomic mass is 35.5. The van der Waals surface area contributed by atoms with E-state index in [9.17, 15) is 0 Å². The van der Waals surface area contributed by atoms with E-state index in [-0.39, 0.29) is 0 Å². The molecule has 0 spiro atoms. The van der Waals surface area contributed by atoms with Crippen molar-refractivity contribution in [3.63, 3.8) is 0 Å². The highest BCUT2D eigenvalue weighted by molar-refractivity contribution is 6.30. The number of rotatable bonds is 7. The fourth-order valence-corrected chi connectivity index (χ4v) is 3.54. The lowest BCUT2D eigenvalue weighted by molar-refractivity contribution is 0.417. The van der Waals surface area contributed by atoms with Gasteiger partial charge in [0.2, 0.25) is 0 Å². The van der Waals surface area contributed by atoms with Gasteiger partial charge in [0.05, 0.1) is 0 Å². The summed E-state index contributed by atoms with van der Waals surface area (Å²) in [5, 5.41) is 4.37. The fourth-order valence-electron chi connectivity index (χ4n) is 3.37. The Labute approximate surface area is 134 Å². The van der Waals surface area contributed by atoms with Gasteiger partial charge in [0.15, 0.2) is 0 Å². The van der Waals surface area contributed by atoms with Crippen LogP contribution in [0.1, 0.15) is 57.9 Å². The molecule has 0 heterocycles. The van der Waals surface area contributed by atoms with Crippen LogP contribution in [0, 0.1) is 0 Å².